The summed E-state index contributed by atoms with van der Waals surface area (Å²) in [5.74, 6) is 0.770. The van der Waals surface area contributed by atoms with Crippen LogP contribution < -0.4 is 4.74 Å². The molecule has 100 valence electrons. The highest BCUT2D eigenvalue weighted by Crippen LogP contribution is 2.11. The van der Waals surface area contributed by atoms with Gasteiger partial charge in [0.2, 0.25) is 0 Å². The van der Waals surface area contributed by atoms with Gasteiger partial charge in [0.25, 0.3) is 0 Å². The van der Waals surface area contributed by atoms with E-state index in [0.717, 1.165) is 24.2 Å². The summed E-state index contributed by atoms with van der Waals surface area (Å²) >= 11 is 0. The number of hydrogen-bond donors (Lipinski definition) is 0. The number of benzene rings is 1. The van der Waals surface area contributed by atoms with Crippen LogP contribution in [0.4, 0.5) is 0 Å². The number of ether oxygens (including phenoxy) is 1. The lowest BCUT2D eigenvalue weighted by atomic mass is 10.2. The second-order valence-corrected chi connectivity index (χ2v) is 3.61. The van der Waals surface area contributed by atoms with Gasteiger partial charge < -0.3 is 4.74 Å². The fourth-order valence-electron chi connectivity index (χ4n) is 1.46. The third kappa shape index (κ3) is 5.34. The summed E-state index contributed by atoms with van der Waals surface area (Å²) in [5, 5.41) is 0. The maximum atomic E-state index is 10.5. The van der Waals surface area contributed by atoms with E-state index in [1.54, 1.807) is 30.5 Å². The fraction of sp³-hybridized carbons (Fsp3) is 0.250. The molecule has 1 aromatic carbocycles. The van der Waals surface area contributed by atoms with Crippen molar-refractivity contribution in [3.05, 3.63) is 59.9 Å². The fourth-order valence-corrected chi connectivity index (χ4v) is 1.46. The minimum Gasteiger partial charge on any atom is -0.493 e. The van der Waals surface area contributed by atoms with Crippen molar-refractivity contribution in [2.24, 2.45) is 0 Å². The molecule has 0 aliphatic heterocycles. The summed E-state index contributed by atoms with van der Waals surface area (Å²) in [6, 6.07) is 12.9. The van der Waals surface area contributed by atoms with Crippen LogP contribution in [0.5, 0.6) is 5.75 Å². The van der Waals surface area contributed by atoms with Crippen molar-refractivity contribution in [1.82, 2.24) is 4.98 Å². The van der Waals surface area contributed by atoms with E-state index in [9.17, 15) is 4.79 Å². The van der Waals surface area contributed by atoms with Crippen molar-refractivity contribution < 1.29 is 9.53 Å². The van der Waals surface area contributed by atoms with E-state index in [2.05, 4.69) is 4.98 Å². The van der Waals surface area contributed by atoms with Crippen molar-refractivity contribution >= 4 is 6.29 Å². The number of pyridine rings is 1. The third-order valence-corrected chi connectivity index (χ3v) is 2.37. The predicted octanol–water partition coefficient (Wildman–Crippen LogP) is 3.54. The molecule has 3 heteroatoms. The topological polar surface area (TPSA) is 39.2 Å². The lowest BCUT2D eigenvalue weighted by Crippen LogP contribution is -2.02. The van der Waals surface area contributed by atoms with Gasteiger partial charge in [-0.3, -0.25) is 9.78 Å². The predicted molar refractivity (Wildman–Crippen MR) is 76.6 cm³/mol. The summed E-state index contributed by atoms with van der Waals surface area (Å²) in [7, 11) is 0. The molecule has 0 bridgehead atoms. The highest BCUT2D eigenvalue weighted by atomic mass is 16.5. The zero-order valence-electron chi connectivity index (χ0n) is 11.4. The molecule has 0 atom stereocenters. The first kappa shape index (κ1) is 14.9. The van der Waals surface area contributed by atoms with Crippen LogP contribution >= 0.6 is 0 Å². The van der Waals surface area contributed by atoms with E-state index in [0.29, 0.717) is 12.2 Å². The number of nitrogens with zero attached hydrogens (tertiary/aromatic N) is 1. The minimum absolute atomic E-state index is 0.581. The Balaban J connectivity index is 0.000000861. The zero-order valence-corrected chi connectivity index (χ0v) is 11.4. The van der Waals surface area contributed by atoms with E-state index in [1.807, 2.05) is 32.0 Å². The van der Waals surface area contributed by atoms with Gasteiger partial charge in [-0.15, -0.1) is 0 Å². The van der Waals surface area contributed by atoms with Gasteiger partial charge in [-0.2, -0.15) is 0 Å². The normalized spacial score (nSPS) is 9.16. The minimum atomic E-state index is 0.581. The summed E-state index contributed by atoms with van der Waals surface area (Å²) in [4.78, 5) is 14.7. The molecule has 0 saturated heterocycles. The molecule has 2 aromatic rings. The molecular formula is C16H19NO2. The Hall–Kier alpha value is -2.16. The molecule has 0 unspecified atom stereocenters. The molecule has 0 aliphatic carbocycles. The number of aldehydes is 1. The maximum absolute atomic E-state index is 10.5. The standard InChI is InChI=1S/C14H13NO2.C2H6/c16-11-12-4-6-14(7-5-12)17-10-8-13-3-1-2-9-15-13;1-2/h1-7,9,11H,8,10H2;1-2H3. The Morgan fingerprint density at radius 2 is 1.84 bits per heavy atom. The third-order valence-electron chi connectivity index (χ3n) is 2.37. The highest BCUT2D eigenvalue weighted by molar-refractivity contribution is 5.74. The average Bonchev–Trinajstić information content (AvgIpc) is 2.51. The summed E-state index contributed by atoms with van der Waals surface area (Å²) in [5.41, 5.74) is 1.67. The van der Waals surface area contributed by atoms with Gasteiger partial charge in [0.1, 0.15) is 12.0 Å². The Kier molecular flexibility index (Phi) is 6.95. The van der Waals surface area contributed by atoms with Crippen LogP contribution in [0.25, 0.3) is 0 Å². The largest absolute Gasteiger partial charge is 0.493 e. The van der Waals surface area contributed by atoms with E-state index < -0.39 is 0 Å². The molecule has 1 aromatic heterocycles. The van der Waals surface area contributed by atoms with Crippen molar-refractivity contribution in [2.75, 3.05) is 6.61 Å². The summed E-state index contributed by atoms with van der Waals surface area (Å²) in [6.07, 6.45) is 3.36. The van der Waals surface area contributed by atoms with Crippen molar-refractivity contribution in [3.63, 3.8) is 0 Å². The van der Waals surface area contributed by atoms with Crippen LogP contribution in [0.2, 0.25) is 0 Å². The average molecular weight is 257 g/mol. The van der Waals surface area contributed by atoms with Crippen LogP contribution in [0.1, 0.15) is 29.9 Å². The lowest BCUT2D eigenvalue weighted by Gasteiger charge is -2.05. The monoisotopic (exact) mass is 257 g/mol. The van der Waals surface area contributed by atoms with Crippen LogP contribution in [-0.4, -0.2) is 17.9 Å². The van der Waals surface area contributed by atoms with Gasteiger partial charge >= 0.3 is 0 Å². The Bertz CT molecular complexity index is 466. The van der Waals surface area contributed by atoms with Crippen LogP contribution in [0.3, 0.4) is 0 Å². The molecule has 1 heterocycles. The first-order chi connectivity index (χ1) is 9.38. The Morgan fingerprint density at radius 1 is 1.11 bits per heavy atom. The molecule has 0 saturated carbocycles. The Morgan fingerprint density at radius 3 is 2.42 bits per heavy atom. The van der Waals surface area contributed by atoms with Crippen molar-refractivity contribution in [2.45, 2.75) is 20.3 Å². The Labute approximate surface area is 114 Å². The van der Waals surface area contributed by atoms with E-state index >= 15 is 0 Å². The number of hydrogen-bond acceptors (Lipinski definition) is 3. The van der Waals surface area contributed by atoms with Crippen molar-refractivity contribution in [1.29, 1.82) is 0 Å². The summed E-state index contributed by atoms with van der Waals surface area (Å²) in [6.45, 7) is 4.58. The van der Waals surface area contributed by atoms with Crippen LogP contribution in [0, 0.1) is 0 Å². The van der Waals surface area contributed by atoms with Gasteiger partial charge in [-0.25, -0.2) is 0 Å². The van der Waals surface area contributed by atoms with Crippen LogP contribution in [0.15, 0.2) is 48.7 Å². The molecule has 0 amide bonds. The number of rotatable bonds is 5. The first-order valence-electron chi connectivity index (χ1n) is 6.46. The molecule has 0 N–H and O–H groups in total. The quantitative estimate of drug-likeness (QED) is 0.769. The highest BCUT2D eigenvalue weighted by Gasteiger charge is 1.96. The van der Waals surface area contributed by atoms with E-state index in [-0.39, 0.29) is 0 Å². The lowest BCUT2D eigenvalue weighted by molar-refractivity contribution is 0.112. The smallest absolute Gasteiger partial charge is 0.150 e. The van der Waals surface area contributed by atoms with Crippen LogP contribution in [-0.2, 0) is 6.42 Å². The van der Waals surface area contributed by atoms with E-state index in [4.69, 9.17) is 4.74 Å². The number of aromatic nitrogens is 1. The number of carbonyl (C=O) groups is 1. The van der Waals surface area contributed by atoms with Gasteiger partial charge in [-0.05, 0) is 36.4 Å². The first-order valence-corrected chi connectivity index (χ1v) is 6.46. The SMILES string of the molecule is CC.O=Cc1ccc(OCCc2ccccn2)cc1. The van der Waals surface area contributed by atoms with Crippen molar-refractivity contribution in [3.8, 4) is 5.75 Å². The second kappa shape index (κ2) is 8.86. The van der Waals surface area contributed by atoms with Gasteiger partial charge in [0, 0.05) is 23.9 Å². The molecule has 0 radical (unpaired) electrons. The van der Waals surface area contributed by atoms with Gasteiger partial charge in [0.05, 0.1) is 6.61 Å². The zero-order chi connectivity index (χ0) is 13.9. The molecule has 19 heavy (non-hydrogen) atoms. The van der Waals surface area contributed by atoms with E-state index in [1.165, 1.54) is 0 Å². The molecule has 3 nitrogen and oxygen atoms in total. The molecule has 2 rings (SSSR count). The maximum Gasteiger partial charge on any atom is 0.150 e. The van der Waals surface area contributed by atoms with Gasteiger partial charge in [-0.1, -0.05) is 19.9 Å². The summed E-state index contributed by atoms with van der Waals surface area (Å²) < 4.78 is 5.55. The van der Waals surface area contributed by atoms with Gasteiger partial charge in [0.15, 0.2) is 0 Å². The second-order valence-electron chi connectivity index (χ2n) is 3.61. The molecule has 0 fully saturated rings. The molecule has 0 aliphatic rings. The molecular weight excluding hydrogens is 238 g/mol. The molecule has 0 spiro atoms. The number of carbonyl (C=O) groups excluding carboxylic acids is 1.